The van der Waals surface area contributed by atoms with Crippen LogP contribution in [-0.2, 0) is 0 Å². The lowest BCUT2D eigenvalue weighted by molar-refractivity contribution is 0.0688. The Morgan fingerprint density at radius 1 is 1.37 bits per heavy atom. The van der Waals surface area contributed by atoms with E-state index in [0.29, 0.717) is 11.6 Å². The molecule has 4 heteroatoms. The van der Waals surface area contributed by atoms with Crippen LogP contribution in [0.5, 0.6) is 0 Å². The summed E-state index contributed by atoms with van der Waals surface area (Å²) < 4.78 is 5.32. The fourth-order valence-electron chi connectivity index (χ4n) is 2.62. The molecule has 1 fully saturated rings. The summed E-state index contributed by atoms with van der Waals surface area (Å²) >= 11 is 0. The molecule has 0 N–H and O–H groups in total. The zero-order chi connectivity index (χ0) is 13.4. The van der Waals surface area contributed by atoms with Gasteiger partial charge in [0.05, 0.1) is 5.39 Å². The number of hydrogen-bond donors (Lipinski definition) is 0. The number of aromatic nitrogens is 1. The predicted octanol–water partition coefficient (Wildman–Crippen LogP) is 3.01. The van der Waals surface area contributed by atoms with Crippen LogP contribution in [0.1, 0.15) is 35.8 Å². The van der Waals surface area contributed by atoms with Crippen molar-refractivity contribution < 1.29 is 9.32 Å². The van der Waals surface area contributed by atoms with Gasteiger partial charge in [-0.3, -0.25) is 4.79 Å². The number of rotatable bonds is 1. The fourth-order valence-corrected chi connectivity index (χ4v) is 2.62. The lowest BCUT2D eigenvalue weighted by Gasteiger charge is -2.29. The Kier molecular flexibility index (Phi) is 3.01. The first-order chi connectivity index (χ1) is 9.16. The van der Waals surface area contributed by atoms with Crippen LogP contribution in [0.4, 0.5) is 0 Å². The third kappa shape index (κ3) is 2.11. The molecular weight excluding hydrogens is 240 g/mol. The van der Waals surface area contributed by atoms with Crippen LogP contribution in [0.15, 0.2) is 22.7 Å². The van der Waals surface area contributed by atoms with Crippen LogP contribution in [0.2, 0.25) is 0 Å². The smallest absolute Gasteiger partial charge is 0.276 e. The number of para-hydroxylation sites is 1. The van der Waals surface area contributed by atoms with Crippen LogP contribution in [0.3, 0.4) is 0 Å². The van der Waals surface area contributed by atoms with E-state index in [2.05, 4.69) is 12.1 Å². The van der Waals surface area contributed by atoms with Crippen molar-refractivity contribution in [2.24, 2.45) is 5.92 Å². The van der Waals surface area contributed by atoms with E-state index in [-0.39, 0.29) is 5.91 Å². The number of nitrogens with zero attached hydrogens (tertiary/aromatic N) is 2. The van der Waals surface area contributed by atoms with Crippen LogP contribution >= 0.6 is 0 Å². The molecule has 1 aliphatic rings. The highest BCUT2D eigenvalue weighted by Gasteiger charge is 2.25. The summed E-state index contributed by atoms with van der Waals surface area (Å²) in [6, 6.07) is 5.80. The summed E-state index contributed by atoms with van der Waals surface area (Å²) in [5, 5.41) is 4.81. The van der Waals surface area contributed by atoms with E-state index in [0.717, 1.165) is 42.5 Å². The minimum Gasteiger partial charge on any atom is -0.355 e. The van der Waals surface area contributed by atoms with Crippen molar-refractivity contribution in [3.63, 3.8) is 0 Å². The van der Waals surface area contributed by atoms with Gasteiger partial charge in [0.2, 0.25) is 0 Å². The number of piperidine rings is 1. The van der Waals surface area contributed by atoms with Crippen molar-refractivity contribution in [2.45, 2.75) is 26.7 Å². The van der Waals surface area contributed by atoms with E-state index in [1.54, 1.807) is 0 Å². The maximum atomic E-state index is 12.5. The zero-order valence-corrected chi connectivity index (χ0v) is 11.3. The summed E-state index contributed by atoms with van der Waals surface area (Å²) in [6.45, 7) is 5.83. The van der Waals surface area contributed by atoms with E-state index in [1.165, 1.54) is 0 Å². The first kappa shape index (κ1) is 12.2. The van der Waals surface area contributed by atoms with Gasteiger partial charge in [-0.25, -0.2) is 0 Å². The van der Waals surface area contributed by atoms with Gasteiger partial charge in [-0.2, -0.15) is 0 Å². The molecular formula is C15H18N2O2. The van der Waals surface area contributed by atoms with E-state index in [1.807, 2.05) is 30.0 Å². The number of fused-ring (bicyclic) bond motifs is 1. The van der Waals surface area contributed by atoms with Crippen LogP contribution in [0, 0.1) is 12.8 Å². The van der Waals surface area contributed by atoms with E-state index < -0.39 is 0 Å². The molecule has 1 aliphatic heterocycles. The van der Waals surface area contributed by atoms with E-state index >= 15 is 0 Å². The topological polar surface area (TPSA) is 46.3 Å². The summed E-state index contributed by atoms with van der Waals surface area (Å²) in [4.78, 5) is 14.4. The summed E-state index contributed by atoms with van der Waals surface area (Å²) in [5.41, 5.74) is 2.18. The molecule has 0 spiro atoms. The SMILES string of the molecule is Cc1cccc2c(C(=O)N3CCC(C)CC3)noc12. The molecule has 1 saturated heterocycles. The van der Waals surface area contributed by atoms with Gasteiger partial charge in [-0.15, -0.1) is 0 Å². The van der Waals surface area contributed by atoms with Crippen molar-refractivity contribution in [3.05, 3.63) is 29.5 Å². The molecule has 4 nitrogen and oxygen atoms in total. The molecule has 1 aromatic heterocycles. The summed E-state index contributed by atoms with van der Waals surface area (Å²) in [6.07, 6.45) is 2.14. The standard InChI is InChI=1S/C15H18N2O2/c1-10-6-8-17(9-7-10)15(18)13-12-5-3-4-11(2)14(12)19-16-13/h3-5,10H,6-9H2,1-2H3. The average Bonchev–Trinajstić information content (AvgIpc) is 2.84. The van der Waals surface area contributed by atoms with E-state index in [9.17, 15) is 4.79 Å². The Balaban J connectivity index is 1.92. The number of benzene rings is 1. The fraction of sp³-hybridized carbons (Fsp3) is 0.467. The highest BCUT2D eigenvalue weighted by atomic mass is 16.5. The highest BCUT2D eigenvalue weighted by Crippen LogP contribution is 2.24. The maximum Gasteiger partial charge on any atom is 0.276 e. The first-order valence-electron chi connectivity index (χ1n) is 6.81. The van der Waals surface area contributed by atoms with Gasteiger partial charge in [-0.1, -0.05) is 24.2 Å². The van der Waals surface area contributed by atoms with Crippen molar-refractivity contribution in [2.75, 3.05) is 13.1 Å². The van der Waals surface area contributed by atoms with Crippen LogP contribution in [-0.4, -0.2) is 29.1 Å². The Morgan fingerprint density at radius 2 is 2.11 bits per heavy atom. The van der Waals surface area contributed by atoms with Crippen molar-refractivity contribution in [3.8, 4) is 0 Å². The molecule has 0 atom stereocenters. The molecule has 19 heavy (non-hydrogen) atoms. The number of aryl methyl sites for hydroxylation is 1. The molecule has 0 unspecified atom stereocenters. The van der Waals surface area contributed by atoms with Crippen LogP contribution < -0.4 is 0 Å². The molecule has 0 radical (unpaired) electrons. The second-order valence-electron chi connectivity index (χ2n) is 5.46. The molecule has 0 bridgehead atoms. The monoisotopic (exact) mass is 258 g/mol. The summed E-state index contributed by atoms with van der Waals surface area (Å²) in [7, 11) is 0. The highest BCUT2D eigenvalue weighted by molar-refractivity contribution is 6.04. The summed E-state index contributed by atoms with van der Waals surface area (Å²) in [5.74, 6) is 0.705. The molecule has 1 amide bonds. The van der Waals surface area contributed by atoms with Gasteiger partial charge in [0, 0.05) is 13.1 Å². The van der Waals surface area contributed by atoms with Crippen molar-refractivity contribution in [1.29, 1.82) is 0 Å². The van der Waals surface area contributed by atoms with Crippen molar-refractivity contribution in [1.82, 2.24) is 10.1 Å². The molecule has 100 valence electrons. The lowest BCUT2D eigenvalue weighted by Crippen LogP contribution is -2.38. The Bertz CT molecular complexity index is 610. The van der Waals surface area contributed by atoms with Gasteiger partial charge in [0.1, 0.15) is 0 Å². The number of likely N-dealkylation sites (tertiary alicyclic amines) is 1. The first-order valence-corrected chi connectivity index (χ1v) is 6.81. The second-order valence-corrected chi connectivity index (χ2v) is 5.46. The largest absolute Gasteiger partial charge is 0.355 e. The van der Waals surface area contributed by atoms with Crippen molar-refractivity contribution >= 4 is 16.9 Å². The number of amides is 1. The Hall–Kier alpha value is -1.84. The normalized spacial score (nSPS) is 17.1. The third-order valence-electron chi connectivity index (χ3n) is 3.97. The molecule has 1 aromatic carbocycles. The second kappa shape index (κ2) is 4.68. The average molecular weight is 258 g/mol. The van der Waals surface area contributed by atoms with Gasteiger partial charge in [-0.05, 0) is 37.3 Å². The maximum absolute atomic E-state index is 12.5. The number of carbonyl (C=O) groups excluding carboxylic acids is 1. The van der Waals surface area contributed by atoms with Gasteiger partial charge >= 0.3 is 0 Å². The predicted molar refractivity (Wildman–Crippen MR) is 73.0 cm³/mol. The minimum atomic E-state index is -0.00347. The quantitative estimate of drug-likeness (QED) is 0.790. The van der Waals surface area contributed by atoms with Gasteiger partial charge in [0.25, 0.3) is 5.91 Å². The third-order valence-corrected chi connectivity index (χ3v) is 3.97. The molecule has 0 saturated carbocycles. The Morgan fingerprint density at radius 3 is 2.84 bits per heavy atom. The zero-order valence-electron chi connectivity index (χ0n) is 11.3. The lowest BCUT2D eigenvalue weighted by atomic mass is 9.99. The minimum absolute atomic E-state index is 0.00347. The number of hydrogen-bond acceptors (Lipinski definition) is 3. The van der Waals surface area contributed by atoms with Gasteiger partial charge in [0.15, 0.2) is 11.3 Å². The molecule has 3 rings (SSSR count). The molecule has 2 heterocycles. The van der Waals surface area contributed by atoms with Crippen LogP contribution in [0.25, 0.3) is 11.0 Å². The Labute approximate surface area is 112 Å². The van der Waals surface area contributed by atoms with E-state index in [4.69, 9.17) is 4.52 Å². The molecule has 0 aliphatic carbocycles. The molecule has 2 aromatic rings. The number of carbonyl (C=O) groups is 1. The van der Waals surface area contributed by atoms with Gasteiger partial charge < -0.3 is 9.42 Å².